The quantitative estimate of drug-likeness (QED) is 0.684. The molecule has 1 heterocycles. The van der Waals surface area contributed by atoms with E-state index in [1.807, 2.05) is 0 Å². The Morgan fingerprint density at radius 3 is 1.96 bits per heavy atom. The fraction of sp³-hybridized carbons (Fsp3) is 0.455. The lowest BCUT2D eigenvalue weighted by atomic mass is 9.71. The van der Waals surface area contributed by atoms with Crippen LogP contribution in [0.15, 0.2) is 48.5 Å². The van der Waals surface area contributed by atoms with Crippen LogP contribution in [0, 0.1) is 13.8 Å². The molecule has 0 amide bonds. The van der Waals surface area contributed by atoms with E-state index in [9.17, 15) is 0 Å². The zero-order valence-electron chi connectivity index (χ0n) is 16.3. The maximum atomic E-state index is 6.28. The van der Waals surface area contributed by atoms with Crippen LogP contribution in [0.1, 0.15) is 55.9 Å². The zero-order valence-corrected chi connectivity index (χ0v) is 16.3. The summed E-state index contributed by atoms with van der Waals surface area (Å²) in [4.78, 5) is 0. The lowest BCUT2D eigenvalue weighted by Gasteiger charge is -2.32. The van der Waals surface area contributed by atoms with E-state index in [4.69, 9.17) is 9.31 Å². The van der Waals surface area contributed by atoms with Crippen molar-refractivity contribution >= 4 is 7.12 Å². The van der Waals surface area contributed by atoms with Gasteiger partial charge in [-0.3, -0.25) is 0 Å². The smallest absolute Gasteiger partial charge is 0.403 e. The normalized spacial score (nSPS) is 19.8. The summed E-state index contributed by atoms with van der Waals surface area (Å²) < 4.78 is 12.6. The molecule has 2 nitrogen and oxygen atoms in total. The number of hydrogen-bond donors (Lipinski definition) is 0. The van der Waals surface area contributed by atoms with E-state index in [1.54, 1.807) is 0 Å². The molecule has 2 aromatic carbocycles. The Balaban J connectivity index is 1.93. The Labute approximate surface area is 152 Å². The monoisotopic (exact) mass is 336 g/mol. The molecule has 25 heavy (non-hydrogen) atoms. The molecule has 3 heteroatoms. The molecule has 1 saturated heterocycles. The van der Waals surface area contributed by atoms with E-state index in [0.717, 1.165) is 6.32 Å². The second-order valence-corrected chi connectivity index (χ2v) is 8.24. The minimum atomic E-state index is -0.290. The summed E-state index contributed by atoms with van der Waals surface area (Å²) in [5.41, 5.74) is 4.67. The molecule has 2 aromatic rings. The standard InChI is InChI=1S/C22H29BO2/c1-16-11-13-18(14-12-16)20(19-10-8-7-9-17(19)2)15-23-24-21(3,4)22(5,6)25-23/h7-14,20H,15H2,1-6H3/t20-/m1/s1. The third-order valence-corrected chi connectivity index (χ3v) is 5.77. The van der Waals surface area contributed by atoms with E-state index in [1.165, 1.54) is 22.3 Å². The molecule has 0 saturated carbocycles. The van der Waals surface area contributed by atoms with Gasteiger partial charge in [-0.15, -0.1) is 0 Å². The molecule has 0 N–H and O–H groups in total. The molecular formula is C22H29BO2. The third kappa shape index (κ3) is 3.68. The second kappa shape index (κ2) is 6.62. The fourth-order valence-electron chi connectivity index (χ4n) is 3.47. The van der Waals surface area contributed by atoms with E-state index >= 15 is 0 Å². The highest BCUT2D eigenvalue weighted by molar-refractivity contribution is 6.45. The molecule has 1 fully saturated rings. The number of rotatable bonds is 4. The first-order valence-electron chi connectivity index (χ1n) is 9.17. The van der Waals surface area contributed by atoms with Gasteiger partial charge in [0.1, 0.15) is 0 Å². The molecule has 0 aliphatic carbocycles. The highest BCUT2D eigenvalue weighted by atomic mass is 16.7. The largest absolute Gasteiger partial charge is 0.458 e. The number of benzene rings is 2. The molecule has 1 aliphatic rings. The summed E-state index contributed by atoms with van der Waals surface area (Å²) in [6.07, 6.45) is 0.820. The fourth-order valence-corrected chi connectivity index (χ4v) is 3.47. The van der Waals surface area contributed by atoms with Crippen LogP contribution in [-0.2, 0) is 9.31 Å². The molecule has 0 bridgehead atoms. The van der Waals surface area contributed by atoms with Crippen LogP contribution < -0.4 is 0 Å². The minimum Gasteiger partial charge on any atom is -0.403 e. The summed E-state index contributed by atoms with van der Waals surface area (Å²) in [5, 5.41) is 0. The van der Waals surface area contributed by atoms with Crippen LogP contribution >= 0.6 is 0 Å². The van der Waals surface area contributed by atoms with E-state index < -0.39 is 0 Å². The van der Waals surface area contributed by atoms with Crippen molar-refractivity contribution < 1.29 is 9.31 Å². The van der Waals surface area contributed by atoms with Gasteiger partial charge < -0.3 is 9.31 Å². The van der Waals surface area contributed by atoms with Crippen LogP contribution in [0.2, 0.25) is 6.32 Å². The Hall–Kier alpha value is -1.58. The van der Waals surface area contributed by atoms with Crippen molar-refractivity contribution in [1.82, 2.24) is 0 Å². The SMILES string of the molecule is Cc1ccc([C@@H](CB2OC(C)(C)C(C)(C)O2)c2ccccc2C)cc1. The number of aryl methyl sites for hydroxylation is 2. The third-order valence-electron chi connectivity index (χ3n) is 5.77. The van der Waals surface area contributed by atoms with E-state index in [-0.39, 0.29) is 24.2 Å². The summed E-state index contributed by atoms with van der Waals surface area (Å²) in [7, 11) is -0.198. The molecule has 3 rings (SSSR count). The Morgan fingerprint density at radius 1 is 0.840 bits per heavy atom. The van der Waals surface area contributed by atoms with Crippen molar-refractivity contribution in [2.45, 2.75) is 65.0 Å². The van der Waals surface area contributed by atoms with E-state index in [2.05, 4.69) is 90.1 Å². The maximum absolute atomic E-state index is 6.28. The van der Waals surface area contributed by atoms with Crippen molar-refractivity contribution in [3.63, 3.8) is 0 Å². The lowest BCUT2D eigenvalue weighted by molar-refractivity contribution is 0.00578. The molecular weight excluding hydrogens is 307 g/mol. The molecule has 0 radical (unpaired) electrons. The van der Waals surface area contributed by atoms with Gasteiger partial charge in [0.25, 0.3) is 0 Å². The molecule has 0 unspecified atom stereocenters. The maximum Gasteiger partial charge on any atom is 0.458 e. The van der Waals surface area contributed by atoms with Gasteiger partial charge in [0, 0.05) is 5.92 Å². The topological polar surface area (TPSA) is 18.5 Å². The number of hydrogen-bond acceptors (Lipinski definition) is 2. The van der Waals surface area contributed by atoms with Crippen molar-refractivity contribution in [2.24, 2.45) is 0 Å². The molecule has 0 aromatic heterocycles. The first-order valence-corrected chi connectivity index (χ1v) is 9.17. The highest BCUT2D eigenvalue weighted by Gasteiger charge is 2.51. The van der Waals surface area contributed by atoms with Crippen LogP contribution in [-0.4, -0.2) is 18.3 Å². The van der Waals surface area contributed by atoms with Gasteiger partial charge >= 0.3 is 7.12 Å². The summed E-state index contributed by atoms with van der Waals surface area (Å²) in [5.74, 6) is 0.261. The van der Waals surface area contributed by atoms with Crippen LogP contribution in [0.5, 0.6) is 0 Å². The Kier molecular flexibility index (Phi) is 4.83. The van der Waals surface area contributed by atoms with Gasteiger partial charge in [0.2, 0.25) is 0 Å². The first-order chi connectivity index (χ1) is 11.7. The summed E-state index contributed by atoms with van der Waals surface area (Å²) in [6, 6.07) is 17.5. The predicted molar refractivity (Wildman–Crippen MR) is 105 cm³/mol. The first kappa shape index (κ1) is 18.2. The molecule has 1 aliphatic heterocycles. The van der Waals surface area contributed by atoms with Crippen molar-refractivity contribution in [2.75, 3.05) is 0 Å². The highest BCUT2D eigenvalue weighted by Crippen LogP contribution is 2.41. The molecule has 0 spiro atoms. The van der Waals surface area contributed by atoms with Gasteiger partial charge in [-0.1, -0.05) is 54.1 Å². The minimum absolute atomic E-state index is 0.198. The van der Waals surface area contributed by atoms with Crippen LogP contribution in [0.4, 0.5) is 0 Å². The molecule has 132 valence electrons. The lowest BCUT2D eigenvalue weighted by Crippen LogP contribution is -2.41. The van der Waals surface area contributed by atoms with Gasteiger partial charge in [-0.05, 0) is 64.6 Å². The van der Waals surface area contributed by atoms with Crippen molar-refractivity contribution in [3.05, 3.63) is 70.8 Å². The van der Waals surface area contributed by atoms with Gasteiger partial charge in [-0.25, -0.2) is 0 Å². The summed E-state index contributed by atoms with van der Waals surface area (Å²) in [6.45, 7) is 12.8. The van der Waals surface area contributed by atoms with Crippen molar-refractivity contribution in [1.29, 1.82) is 0 Å². The van der Waals surface area contributed by atoms with Gasteiger partial charge in [0.05, 0.1) is 11.2 Å². The van der Waals surface area contributed by atoms with Gasteiger partial charge in [0.15, 0.2) is 0 Å². The van der Waals surface area contributed by atoms with Crippen LogP contribution in [0.25, 0.3) is 0 Å². The predicted octanol–water partition coefficient (Wildman–Crippen LogP) is 5.53. The molecule has 1 atom stereocenters. The van der Waals surface area contributed by atoms with Crippen molar-refractivity contribution in [3.8, 4) is 0 Å². The second-order valence-electron chi connectivity index (χ2n) is 8.24. The van der Waals surface area contributed by atoms with Gasteiger partial charge in [-0.2, -0.15) is 0 Å². The van der Waals surface area contributed by atoms with Crippen LogP contribution in [0.3, 0.4) is 0 Å². The Morgan fingerprint density at radius 2 is 1.40 bits per heavy atom. The zero-order chi connectivity index (χ0) is 18.2. The average Bonchev–Trinajstić information content (AvgIpc) is 2.74. The van der Waals surface area contributed by atoms with E-state index in [0.29, 0.717) is 0 Å². The Bertz CT molecular complexity index is 718. The summed E-state index contributed by atoms with van der Waals surface area (Å²) >= 11 is 0. The average molecular weight is 336 g/mol.